The minimum atomic E-state index is 0.0139. The lowest BCUT2D eigenvalue weighted by atomic mass is 10.3. The zero-order valence-electron chi connectivity index (χ0n) is 16.0. The van der Waals surface area contributed by atoms with Crippen molar-refractivity contribution in [2.45, 2.75) is 13.5 Å². The van der Waals surface area contributed by atoms with E-state index < -0.39 is 0 Å². The molecule has 2 amide bonds. The number of carbonyl (C=O) groups is 2. The molecule has 8 heteroatoms. The molecule has 146 valence electrons. The van der Waals surface area contributed by atoms with Gasteiger partial charge in [-0.3, -0.25) is 19.4 Å². The number of carbonyl (C=O) groups excluding carboxylic acids is 2. The van der Waals surface area contributed by atoms with E-state index in [0.717, 1.165) is 37.7 Å². The molecule has 26 heavy (non-hydrogen) atoms. The molecule has 1 N–H and O–H groups in total. The Morgan fingerprint density at radius 1 is 1.19 bits per heavy atom. The van der Waals surface area contributed by atoms with Gasteiger partial charge in [0, 0.05) is 46.9 Å². The second-order valence-corrected chi connectivity index (χ2v) is 6.66. The zero-order valence-corrected chi connectivity index (χ0v) is 16.0. The molecule has 0 atom stereocenters. The van der Waals surface area contributed by atoms with Crippen LogP contribution >= 0.6 is 0 Å². The summed E-state index contributed by atoms with van der Waals surface area (Å²) in [6, 6.07) is 3.80. The van der Waals surface area contributed by atoms with Gasteiger partial charge in [-0.2, -0.15) is 0 Å². The molecule has 0 radical (unpaired) electrons. The number of hydrogen-bond donors (Lipinski definition) is 1. The SMILES string of the molecule is COCCNC(=O)CN1CCN(CC(=O)N(C)Cc2ccc(C)o2)CC1. The molecule has 2 rings (SSSR count). The molecule has 1 aromatic rings. The molecule has 0 bridgehead atoms. The Morgan fingerprint density at radius 3 is 2.42 bits per heavy atom. The monoisotopic (exact) mass is 366 g/mol. The van der Waals surface area contributed by atoms with Crippen LogP contribution in [0.2, 0.25) is 0 Å². The zero-order chi connectivity index (χ0) is 18.9. The predicted octanol–water partition coefficient (Wildman–Crippen LogP) is -0.0734. The Bertz CT molecular complexity index is 582. The second kappa shape index (κ2) is 10.3. The van der Waals surface area contributed by atoms with Crippen molar-refractivity contribution >= 4 is 11.8 Å². The molecule has 1 fully saturated rings. The Hall–Kier alpha value is -1.90. The van der Waals surface area contributed by atoms with E-state index in [2.05, 4.69) is 15.1 Å². The fraction of sp³-hybridized carbons (Fsp3) is 0.667. The van der Waals surface area contributed by atoms with Gasteiger partial charge in [-0.15, -0.1) is 0 Å². The number of hydrogen-bond acceptors (Lipinski definition) is 6. The average molecular weight is 366 g/mol. The fourth-order valence-corrected chi connectivity index (χ4v) is 2.86. The third kappa shape index (κ3) is 6.78. The molecule has 0 spiro atoms. The predicted molar refractivity (Wildman–Crippen MR) is 97.7 cm³/mol. The van der Waals surface area contributed by atoms with Gasteiger partial charge in [-0.1, -0.05) is 0 Å². The number of nitrogens with zero attached hydrogens (tertiary/aromatic N) is 3. The van der Waals surface area contributed by atoms with E-state index in [1.165, 1.54) is 0 Å². The summed E-state index contributed by atoms with van der Waals surface area (Å²) in [5.41, 5.74) is 0. The third-order valence-electron chi connectivity index (χ3n) is 4.43. The number of nitrogens with one attached hydrogen (secondary N) is 1. The molecule has 1 saturated heterocycles. The average Bonchev–Trinajstić information content (AvgIpc) is 3.01. The van der Waals surface area contributed by atoms with Crippen LogP contribution in [-0.2, 0) is 20.9 Å². The van der Waals surface area contributed by atoms with Gasteiger partial charge in [0.15, 0.2) is 0 Å². The maximum atomic E-state index is 12.4. The number of aryl methyl sites for hydroxylation is 1. The first kappa shape index (κ1) is 20.4. The summed E-state index contributed by atoms with van der Waals surface area (Å²) < 4.78 is 10.4. The van der Waals surface area contributed by atoms with Gasteiger partial charge in [0.25, 0.3) is 0 Å². The molecule has 0 unspecified atom stereocenters. The van der Waals surface area contributed by atoms with E-state index in [-0.39, 0.29) is 11.8 Å². The van der Waals surface area contributed by atoms with Gasteiger partial charge in [0.2, 0.25) is 11.8 Å². The molecule has 0 saturated carbocycles. The number of likely N-dealkylation sites (N-methyl/N-ethyl adjacent to an activating group) is 1. The quantitative estimate of drug-likeness (QED) is 0.617. The minimum Gasteiger partial charge on any atom is -0.464 e. The summed E-state index contributed by atoms with van der Waals surface area (Å²) in [7, 11) is 3.40. The lowest BCUT2D eigenvalue weighted by Gasteiger charge is -2.34. The van der Waals surface area contributed by atoms with Gasteiger partial charge in [0.05, 0.1) is 26.2 Å². The lowest BCUT2D eigenvalue weighted by Crippen LogP contribution is -2.51. The second-order valence-electron chi connectivity index (χ2n) is 6.66. The topological polar surface area (TPSA) is 78.3 Å². The normalized spacial score (nSPS) is 15.8. The molecule has 8 nitrogen and oxygen atoms in total. The van der Waals surface area contributed by atoms with Crippen molar-refractivity contribution < 1.29 is 18.7 Å². The van der Waals surface area contributed by atoms with Crippen LogP contribution in [0.15, 0.2) is 16.5 Å². The number of piperazine rings is 1. The van der Waals surface area contributed by atoms with Gasteiger partial charge >= 0.3 is 0 Å². The molecule has 1 aliphatic heterocycles. The molecule has 2 heterocycles. The summed E-state index contributed by atoms with van der Waals surface area (Å²) in [5, 5.41) is 2.83. The van der Waals surface area contributed by atoms with Gasteiger partial charge in [-0.05, 0) is 19.1 Å². The first-order chi connectivity index (χ1) is 12.5. The Morgan fingerprint density at radius 2 is 1.85 bits per heavy atom. The minimum absolute atomic E-state index is 0.0139. The van der Waals surface area contributed by atoms with Crippen LogP contribution in [-0.4, -0.2) is 93.1 Å². The first-order valence-corrected chi connectivity index (χ1v) is 8.97. The van der Waals surface area contributed by atoms with Crippen molar-refractivity contribution in [2.75, 3.05) is 66.6 Å². The van der Waals surface area contributed by atoms with Crippen molar-refractivity contribution in [1.82, 2.24) is 20.0 Å². The van der Waals surface area contributed by atoms with Crippen molar-refractivity contribution in [3.05, 3.63) is 23.7 Å². The molecule has 1 aromatic heterocycles. The highest BCUT2D eigenvalue weighted by atomic mass is 16.5. The fourth-order valence-electron chi connectivity index (χ4n) is 2.86. The van der Waals surface area contributed by atoms with Crippen molar-refractivity contribution in [3.8, 4) is 0 Å². The van der Waals surface area contributed by atoms with E-state index in [9.17, 15) is 9.59 Å². The Labute approximate surface area is 155 Å². The van der Waals surface area contributed by atoms with E-state index >= 15 is 0 Å². The summed E-state index contributed by atoms with van der Waals surface area (Å²) >= 11 is 0. The highest BCUT2D eigenvalue weighted by Gasteiger charge is 2.22. The van der Waals surface area contributed by atoms with Gasteiger partial charge in [-0.25, -0.2) is 0 Å². The Kier molecular flexibility index (Phi) is 8.08. The summed E-state index contributed by atoms with van der Waals surface area (Å²) in [6.07, 6.45) is 0. The summed E-state index contributed by atoms with van der Waals surface area (Å²) in [5.74, 6) is 1.73. The summed E-state index contributed by atoms with van der Waals surface area (Å²) in [4.78, 5) is 30.1. The van der Waals surface area contributed by atoms with E-state index in [0.29, 0.717) is 32.8 Å². The van der Waals surface area contributed by atoms with Crippen LogP contribution in [0, 0.1) is 6.92 Å². The van der Waals surface area contributed by atoms with Crippen molar-refractivity contribution in [3.63, 3.8) is 0 Å². The highest BCUT2D eigenvalue weighted by molar-refractivity contribution is 5.78. The van der Waals surface area contributed by atoms with Crippen LogP contribution in [0.3, 0.4) is 0 Å². The van der Waals surface area contributed by atoms with Crippen molar-refractivity contribution in [1.29, 1.82) is 0 Å². The molecule has 0 aromatic carbocycles. The number of amides is 2. The maximum absolute atomic E-state index is 12.4. The smallest absolute Gasteiger partial charge is 0.236 e. The van der Waals surface area contributed by atoms with E-state index in [1.807, 2.05) is 19.1 Å². The molecular weight excluding hydrogens is 336 g/mol. The number of furan rings is 1. The third-order valence-corrected chi connectivity index (χ3v) is 4.43. The maximum Gasteiger partial charge on any atom is 0.236 e. The summed E-state index contributed by atoms with van der Waals surface area (Å²) in [6.45, 7) is 7.34. The standard InChI is InChI=1S/C18H30N4O4/c1-15-4-5-16(26-15)12-20(2)18(24)14-22-9-7-21(8-10-22)13-17(23)19-6-11-25-3/h4-5H,6-14H2,1-3H3,(H,19,23). The number of rotatable bonds is 9. The van der Waals surface area contributed by atoms with Crippen LogP contribution in [0.25, 0.3) is 0 Å². The van der Waals surface area contributed by atoms with Crippen LogP contribution in [0.4, 0.5) is 0 Å². The van der Waals surface area contributed by atoms with Crippen molar-refractivity contribution in [2.24, 2.45) is 0 Å². The molecule has 0 aliphatic carbocycles. The number of ether oxygens (including phenoxy) is 1. The van der Waals surface area contributed by atoms with Crippen LogP contribution in [0.5, 0.6) is 0 Å². The highest BCUT2D eigenvalue weighted by Crippen LogP contribution is 2.09. The first-order valence-electron chi connectivity index (χ1n) is 8.97. The van der Waals surface area contributed by atoms with Crippen LogP contribution in [0.1, 0.15) is 11.5 Å². The molecular formula is C18H30N4O4. The Balaban J connectivity index is 1.66. The number of methoxy groups -OCH3 is 1. The van der Waals surface area contributed by atoms with Gasteiger partial charge < -0.3 is 19.4 Å². The lowest BCUT2D eigenvalue weighted by molar-refractivity contribution is -0.132. The van der Waals surface area contributed by atoms with E-state index in [4.69, 9.17) is 9.15 Å². The van der Waals surface area contributed by atoms with Crippen LogP contribution < -0.4 is 5.32 Å². The van der Waals surface area contributed by atoms with Gasteiger partial charge in [0.1, 0.15) is 11.5 Å². The van der Waals surface area contributed by atoms with E-state index in [1.54, 1.807) is 19.1 Å². The molecule has 1 aliphatic rings. The largest absolute Gasteiger partial charge is 0.464 e.